The van der Waals surface area contributed by atoms with Crippen molar-refractivity contribution in [3.05, 3.63) is 49.6 Å². The lowest BCUT2D eigenvalue weighted by atomic mass is 10.2. The first kappa shape index (κ1) is 29.8. The van der Waals surface area contributed by atoms with Gasteiger partial charge in [0.1, 0.15) is 13.2 Å². The summed E-state index contributed by atoms with van der Waals surface area (Å²) in [6.45, 7) is 9.65. The Morgan fingerprint density at radius 3 is 1.41 bits per heavy atom. The maximum atomic E-state index is 11.7. The van der Waals surface area contributed by atoms with Gasteiger partial charge in [0.15, 0.2) is 0 Å². The monoisotopic (exact) mass is 450 g/mol. The van der Waals surface area contributed by atoms with E-state index in [9.17, 15) is 9.59 Å². The summed E-state index contributed by atoms with van der Waals surface area (Å²) >= 11 is 0. The van der Waals surface area contributed by atoms with E-state index in [1.165, 1.54) is 0 Å². The van der Waals surface area contributed by atoms with Crippen LogP contribution in [0.2, 0.25) is 0 Å². The number of esters is 2. The molecular formula is C26H42O6. The fraction of sp³-hybridized carbons (Fsp3) is 0.615. The molecule has 0 amide bonds. The Morgan fingerprint density at radius 1 is 0.562 bits per heavy atom. The summed E-state index contributed by atoms with van der Waals surface area (Å²) in [5.41, 5.74) is 0. The number of ether oxygens (including phenoxy) is 4. The molecule has 0 aromatic rings. The van der Waals surface area contributed by atoms with Gasteiger partial charge in [-0.3, -0.25) is 9.59 Å². The summed E-state index contributed by atoms with van der Waals surface area (Å²) in [6, 6.07) is 0. The predicted molar refractivity (Wildman–Crippen MR) is 128 cm³/mol. The standard InChI is InChI=1S/C26H42O6/c1-3-5-7-9-11-15-19-29-21-23-31-25(27)17-13-14-18-26(28)32-24-22-30-20-16-12-10-8-6-4-2/h3-4,11-12,15-16H,1-2,5-10,13-14,17-24H2. The van der Waals surface area contributed by atoms with Gasteiger partial charge in [-0.25, -0.2) is 0 Å². The first-order valence-corrected chi connectivity index (χ1v) is 11.7. The molecule has 0 saturated heterocycles. The van der Waals surface area contributed by atoms with Crippen molar-refractivity contribution in [1.29, 1.82) is 0 Å². The lowest BCUT2D eigenvalue weighted by molar-refractivity contribution is -0.147. The molecule has 0 aliphatic carbocycles. The van der Waals surface area contributed by atoms with Crippen LogP contribution in [0.25, 0.3) is 0 Å². The van der Waals surface area contributed by atoms with Crippen LogP contribution < -0.4 is 0 Å². The van der Waals surface area contributed by atoms with E-state index in [2.05, 4.69) is 25.3 Å². The van der Waals surface area contributed by atoms with Crippen molar-refractivity contribution in [3.63, 3.8) is 0 Å². The van der Waals surface area contributed by atoms with E-state index in [0.717, 1.165) is 38.5 Å². The molecule has 0 aliphatic rings. The zero-order chi connectivity index (χ0) is 23.5. The third-order valence-electron chi connectivity index (χ3n) is 4.31. The summed E-state index contributed by atoms with van der Waals surface area (Å²) in [5, 5.41) is 0. The number of hydrogen-bond acceptors (Lipinski definition) is 6. The van der Waals surface area contributed by atoms with Gasteiger partial charge in [0.25, 0.3) is 0 Å². The van der Waals surface area contributed by atoms with E-state index in [1.807, 2.05) is 24.3 Å². The average Bonchev–Trinajstić information content (AvgIpc) is 2.79. The first-order chi connectivity index (χ1) is 15.7. The molecule has 6 heteroatoms. The van der Waals surface area contributed by atoms with Gasteiger partial charge in [-0.05, 0) is 51.4 Å². The number of carbonyl (C=O) groups excluding carboxylic acids is 2. The van der Waals surface area contributed by atoms with E-state index >= 15 is 0 Å². The topological polar surface area (TPSA) is 71.1 Å². The molecule has 0 aliphatic heterocycles. The van der Waals surface area contributed by atoms with Gasteiger partial charge in [-0.2, -0.15) is 0 Å². The van der Waals surface area contributed by atoms with Crippen LogP contribution in [0.15, 0.2) is 49.6 Å². The van der Waals surface area contributed by atoms with Gasteiger partial charge < -0.3 is 18.9 Å². The summed E-state index contributed by atoms with van der Waals surface area (Å²) < 4.78 is 21.0. The molecule has 0 fully saturated rings. The minimum Gasteiger partial charge on any atom is -0.463 e. The number of carbonyl (C=O) groups is 2. The zero-order valence-corrected chi connectivity index (χ0v) is 19.6. The van der Waals surface area contributed by atoms with Crippen molar-refractivity contribution < 1.29 is 28.5 Å². The maximum absolute atomic E-state index is 11.7. The van der Waals surface area contributed by atoms with Gasteiger partial charge >= 0.3 is 11.9 Å². The number of hydrogen-bond donors (Lipinski definition) is 0. The van der Waals surface area contributed by atoms with Crippen LogP contribution in [0.3, 0.4) is 0 Å². The highest BCUT2D eigenvalue weighted by Gasteiger charge is 2.06. The molecule has 0 atom stereocenters. The van der Waals surface area contributed by atoms with Gasteiger partial charge in [0, 0.05) is 12.8 Å². The van der Waals surface area contributed by atoms with E-state index < -0.39 is 0 Å². The smallest absolute Gasteiger partial charge is 0.305 e. The second-order valence-corrected chi connectivity index (χ2v) is 7.18. The molecule has 0 bridgehead atoms. The van der Waals surface area contributed by atoms with Crippen molar-refractivity contribution in [2.45, 2.75) is 64.2 Å². The van der Waals surface area contributed by atoms with Crippen molar-refractivity contribution >= 4 is 11.9 Å². The number of unbranched alkanes of at least 4 members (excludes halogenated alkanes) is 5. The van der Waals surface area contributed by atoms with E-state index in [0.29, 0.717) is 52.1 Å². The molecule has 182 valence electrons. The third-order valence-corrected chi connectivity index (χ3v) is 4.31. The quantitative estimate of drug-likeness (QED) is 0.116. The van der Waals surface area contributed by atoms with Gasteiger partial charge in [-0.1, -0.05) is 36.5 Å². The van der Waals surface area contributed by atoms with Gasteiger partial charge in [-0.15, -0.1) is 13.2 Å². The molecule has 0 spiro atoms. The first-order valence-electron chi connectivity index (χ1n) is 11.7. The van der Waals surface area contributed by atoms with Gasteiger partial charge in [0.05, 0.1) is 26.4 Å². The molecule has 0 heterocycles. The number of allylic oxidation sites excluding steroid dienone is 4. The van der Waals surface area contributed by atoms with Crippen LogP contribution in [0.1, 0.15) is 64.2 Å². The summed E-state index contributed by atoms with van der Waals surface area (Å²) in [6.07, 6.45) is 20.0. The maximum Gasteiger partial charge on any atom is 0.305 e. The second-order valence-electron chi connectivity index (χ2n) is 7.18. The molecule has 32 heavy (non-hydrogen) atoms. The second kappa shape index (κ2) is 25.1. The lowest BCUT2D eigenvalue weighted by Crippen LogP contribution is -2.12. The Labute approximate surface area is 194 Å². The predicted octanol–water partition coefficient (Wildman–Crippen LogP) is 5.49. The van der Waals surface area contributed by atoms with E-state index in [-0.39, 0.29) is 25.2 Å². The highest BCUT2D eigenvalue weighted by Crippen LogP contribution is 2.03. The fourth-order valence-corrected chi connectivity index (χ4v) is 2.55. The highest BCUT2D eigenvalue weighted by molar-refractivity contribution is 5.70. The summed E-state index contributed by atoms with van der Waals surface area (Å²) in [7, 11) is 0. The van der Waals surface area contributed by atoms with E-state index in [1.54, 1.807) is 0 Å². The van der Waals surface area contributed by atoms with Crippen molar-refractivity contribution in [1.82, 2.24) is 0 Å². The molecule has 0 N–H and O–H groups in total. The van der Waals surface area contributed by atoms with Gasteiger partial charge in [0.2, 0.25) is 0 Å². The summed E-state index contributed by atoms with van der Waals surface area (Å²) in [5.74, 6) is -0.541. The Balaban J connectivity index is 3.40. The molecule has 0 radical (unpaired) electrons. The Hall–Kier alpha value is -2.18. The Morgan fingerprint density at radius 2 is 1.00 bits per heavy atom. The van der Waals surface area contributed by atoms with Crippen LogP contribution >= 0.6 is 0 Å². The minimum absolute atomic E-state index is 0.245. The van der Waals surface area contributed by atoms with Crippen molar-refractivity contribution in [2.75, 3.05) is 39.6 Å². The Bertz CT molecular complexity index is 490. The fourth-order valence-electron chi connectivity index (χ4n) is 2.55. The molecule has 0 aromatic carbocycles. The SMILES string of the molecule is C=CCCCC=CCOCCOC(=O)CCCCC(=O)OCCOCC=CCCCC=C. The zero-order valence-electron chi connectivity index (χ0n) is 19.6. The molecule has 0 saturated carbocycles. The molecule has 6 nitrogen and oxygen atoms in total. The van der Waals surface area contributed by atoms with Crippen LogP contribution in [-0.4, -0.2) is 51.6 Å². The molecule has 0 aromatic heterocycles. The Kier molecular flexibility index (Phi) is 23.4. The van der Waals surface area contributed by atoms with Crippen LogP contribution in [0.4, 0.5) is 0 Å². The van der Waals surface area contributed by atoms with Crippen LogP contribution in [0, 0.1) is 0 Å². The third kappa shape index (κ3) is 24.1. The summed E-state index contributed by atoms with van der Waals surface area (Å²) in [4.78, 5) is 23.3. The van der Waals surface area contributed by atoms with E-state index in [4.69, 9.17) is 18.9 Å². The normalized spacial score (nSPS) is 11.1. The van der Waals surface area contributed by atoms with Crippen molar-refractivity contribution in [3.8, 4) is 0 Å². The molecular weight excluding hydrogens is 408 g/mol. The van der Waals surface area contributed by atoms with Crippen LogP contribution in [0.5, 0.6) is 0 Å². The van der Waals surface area contributed by atoms with Crippen LogP contribution in [-0.2, 0) is 28.5 Å². The molecule has 0 unspecified atom stereocenters. The van der Waals surface area contributed by atoms with Crippen molar-refractivity contribution in [2.24, 2.45) is 0 Å². The minimum atomic E-state index is -0.270. The molecule has 0 rings (SSSR count). The lowest BCUT2D eigenvalue weighted by Gasteiger charge is -2.06. The number of rotatable bonds is 23. The largest absolute Gasteiger partial charge is 0.463 e. The highest BCUT2D eigenvalue weighted by atomic mass is 16.6. The average molecular weight is 451 g/mol.